The van der Waals surface area contributed by atoms with Crippen LogP contribution in [0.15, 0.2) is 18.2 Å². The quantitative estimate of drug-likeness (QED) is 0.449. The predicted octanol–water partition coefficient (Wildman–Crippen LogP) is 1.95. The maximum Gasteiger partial charge on any atom is 0.270 e. The van der Waals surface area contributed by atoms with Gasteiger partial charge in [0.2, 0.25) is 0 Å². The molecule has 106 valence electrons. The number of amides is 1. The van der Waals surface area contributed by atoms with Crippen molar-refractivity contribution in [2.24, 2.45) is 11.7 Å². The third-order valence-electron chi connectivity index (χ3n) is 2.42. The fraction of sp³-hybridized carbons (Fsp3) is 0.364. The third kappa shape index (κ3) is 5.29. The zero-order chi connectivity index (χ0) is 13.7. The SMILES string of the molecule is CC(CN)CNC(=O)c1ccc([N+](=O)[O-])cc1I.Cl. The van der Waals surface area contributed by atoms with Crippen LogP contribution in [0.5, 0.6) is 0 Å². The first-order valence-electron chi connectivity index (χ1n) is 5.38. The lowest BCUT2D eigenvalue weighted by Gasteiger charge is -2.10. The number of rotatable bonds is 5. The van der Waals surface area contributed by atoms with Gasteiger partial charge in [-0.25, -0.2) is 0 Å². The Kier molecular flexibility index (Phi) is 7.88. The Morgan fingerprint density at radius 3 is 2.68 bits per heavy atom. The number of non-ortho nitro benzene ring substituents is 1. The minimum atomic E-state index is -0.486. The summed E-state index contributed by atoms with van der Waals surface area (Å²) in [7, 11) is 0. The molecule has 1 unspecified atom stereocenters. The van der Waals surface area contributed by atoms with Crippen molar-refractivity contribution in [3.8, 4) is 0 Å². The van der Waals surface area contributed by atoms with Gasteiger partial charge in [-0.05, 0) is 41.1 Å². The predicted molar refractivity (Wildman–Crippen MR) is 83.6 cm³/mol. The molecule has 19 heavy (non-hydrogen) atoms. The zero-order valence-corrected chi connectivity index (χ0v) is 13.2. The van der Waals surface area contributed by atoms with E-state index >= 15 is 0 Å². The lowest BCUT2D eigenvalue weighted by Crippen LogP contribution is -2.31. The van der Waals surface area contributed by atoms with Gasteiger partial charge in [0.25, 0.3) is 11.6 Å². The molecule has 1 aromatic carbocycles. The highest BCUT2D eigenvalue weighted by atomic mass is 127. The maximum atomic E-state index is 11.8. The van der Waals surface area contributed by atoms with Crippen molar-refractivity contribution in [1.29, 1.82) is 0 Å². The van der Waals surface area contributed by atoms with Gasteiger partial charge in [0.05, 0.1) is 10.5 Å². The molecule has 0 aliphatic heterocycles. The molecule has 0 fully saturated rings. The van der Waals surface area contributed by atoms with E-state index in [1.807, 2.05) is 29.5 Å². The summed E-state index contributed by atoms with van der Waals surface area (Å²) in [4.78, 5) is 21.9. The molecule has 6 nitrogen and oxygen atoms in total. The van der Waals surface area contributed by atoms with E-state index in [4.69, 9.17) is 5.73 Å². The summed E-state index contributed by atoms with van der Waals surface area (Å²) in [5.74, 6) is -0.0424. The van der Waals surface area contributed by atoms with E-state index in [1.54, 1.807) is 0 Å². The molecule has 0 radical (unpaired) electrons. The summed E-state index contributed by atoms with van der Waals surface area (Å²) in [5.41, 5.74) is 5.87. The standard InChI is InChI=1S/C11H14IN3O3.ClH/c1-7(5-13)6-14-11(16)9-3-2-8(15(17)18)4-10(9)12;/h2-4,7H,5-6,13H2,1H3,(H,14,16);1H. The van der Waals surface area contributed by atoms with E-state index in [9.17, 15) is 14.9 Å². The number of benzene rings is 1. The number of hydrogen-bond acceptors (Lipinski definition) is 4. The van der Waals surface area contributed by atoms with E-state index in [0.29, 0.717) is 22.2 Å². The number of nitro groups is 1. The topological polar surface area (TPSA) is 98.3 Å². The number of nitrogens with zero attached hydrogens (tertiary/aromatic N) is 1. The summed E-state index contributed by atoms with van der Waals surface area (Å²) in [6.45, 7) is 2.92. The molecule has 0 aliphatic carbocycles. The molecule has 8 heteroatoms. The summed E-state index contributed by atoms with van der Waals surface area (Å²) in [6.07, 6.45) is 0. The Labute approximate surface area is 130 Å². The number of nitrogens with two attached hydrogens (primary N) is 1. The minimum Gasteiger partial charge on any atom is -0.352 e. The second-order valence-corrected chi connectivity index (χ2v) is 5.13. The van der Waals surface area contributed by atoms with Gasteiger partial charge < -0.3 is 11.1 Å². The van der Waals surface area contributed by atoms with Crippen molar-refractivity contribution in [2.75, 3.05) is 13.1 Å². The van der Waals surface area contributed by atoms with Gasteiger partial charge >= 0.3 is 0 Å². The number of hydrogen-bond donors (Lipinski definition) is 2. The highest BCUT2D eigenvalue weighted by molar-refractivity contribution is 14.1. The molecule has 0 spiro atoms. The molecule has 1 rings (SSSR count). The molecule has 1 amide bonds. The van der Waals surface area contributed by atoms with E-state index in [-0.39, 0.29) is 29.9 Å². The van der Waals surface area contributed by atoms with Crippen molar-refractivity contribution in [2.45, 2.75) is 6.92 Å². The first-order valence-corrected chi connectivity index (χ1v) is 6.45. The molecule has 0 aromatic heterocycles. The second kappa shape index (κ2) is 8.28. The molecule has 3 N–H and O–H groups in total. The van der Waals surface area contributed by atoms with E-state index < -0.39 is 4.92 Å². The van der Waals surface area contributed by atoms with E-state index in [1.165, 1.54) is 18.2 Å². The van der Waals surface area contributed by atoms with Crippen molar-refractivity contribution in [1.82, 2.24) is 5.32 Å². The molecule has 1 aromatic rings. The van der Waals surface area contributed by atoms with Gasteiger partial charge in [-0.1, -0.05) is 6.92 Å². The fourth-order valence-electron chi connectivity index (χ4n) is 1.25. The first-order chi connectivity index (χ1) is 8.45. The van der Waals surface area contributed by atoms with Crippen LogP contribution in [0.4, 0.5) is 5.69 Å². The Balaban J connectivity index is 0.00000324. The number of carbonyl (C=O) groups excluding carboxylic acids is 1. The number of nitrogens with one attached hydrogen (secondary N) is 1. The van der Waals surface area contributed by atoms with Crippen LogP contribution in [0.25, 0.3) is 0 Å². The number of nitro benzene ring substituents is 1. The lowest BCUT2D eigenvalue weighted by molar-refractivity contribution is -0.384. The monoisotopic (exact) mass is 399 g/mol. The van der Waals surface area contributed by atoms with Gasteiger partial charge in [0.15, 0.2) is 0 Å². The van der Waals surface area contributed by atoms with Gasteiger partial charge in [-0.15, -0.1) is 12.4 Å². The van der Waals surface area contributed by atoms with Crippen LogP contribution >= 0.6 is 35.0 Å². The normalized spacial score (nSPS) is 11.3. The molecule has 0 aliphatic rings. The average Bonchev–Trinajstić information content (AvgIpc) is 2.35. The number of carbonyl (C=O) groups is 1. The molecule has 0 heterocycles. The number of halogens is 2. The first kappa shape index (κ1) is 18.1. The van der Waals surface area contributed by atoms with Crippen molar-refractivity contribution < 1.29 is 9.72 Å². The summed E-state index contributed by atoms with van der Waals surface area (Å²) in [5, 5.41) is 13.3. The third-order valence-corrected chi connectivity index (χ3v) is 3.31. The van der Waals surface area contributed by atoms with Crippen molar-refractivity contribution in [3.05, 3.63) is 37.4 Å². The van der Waals surface area contributed by atoms with Crippen LogP contribution in [0.3, 0.4) is 0 Å². The van der Waals surface area contributed by atoms with Crippen LogP contribution in [0.2, 0.25) is 0 Å². The van der Waals surface area contributed by atoms with Crippen LogP contribution < -0.4 is 11.1 Å². The van der Waals surface area contributed by atoms with Crippen LogP contribution in [-0.4, -0.2) is 23.9 Å². The largest absolute Gasteiger partial charge is 0.352 e. The molecular weight excluding hydrogens is 384 g/mol. The summed E-state index contributed by atoms with van der Waals surface area (Å²) >= 11 is 1.91. The maximum absolute atomic E-state index is 11.8. The smallest absolute Gasteiger partial charge is 0.270 e. The Morgan fingerprint density at radius 1 is 1.58 bits per heavy atom. The second-order valence-electron chi connectivity index (χ2n) is 3.97. The highest BCUT2D eigenvalue weighted by Crippen LogP contribution is 2.19. The van der Waals surface area contributed by atoms with Gasteiger partial charge in [-0.3, -0.25) is 14.9 Å². The average molecular weight is 400 g/mol. The van der Waals surface area contributed by atoms with Gasteiger partial charge in [0.1, 0.15) is 0 Å². The summed E-state index contributed by atoms with van der Waals surface area (Å²) < 4.78 is 0.555. The molecule has 1 atom stereocenters. The lowest BCUT2D eigenvalue weighted by atomic mass is 10.1. The molecule has 0 bridgehead atoms. The van der Waals surface area contributed by atoms with Gasteiger partial charge in [-0.2, -0.15) is 0 Å². The zero-order valence-electron chi connectivity index (χ0n) is 10.3. The molecule has 0 saturated heterocycles. The Hall–Kier alpha value is -0.930. The van der Waals surface area contributed by atoms with Crippen molar-refractivity contribution in [3.63, 3.8) is 0 Å². The summed E-state index contributed by atoms with van der Waals surface area (Å²) in [6, 6.07) is 4.16. The Morgan fingerprint density at radius 2 is 2.21 bits per heavy atom. The van der Waals surface area contributed by atoms with Crippen molar-refractivity contribution >= 4 is 46.6 Å². The highest BCUT2D eigenvalue weighted by Gasteiger charge is 2.14. The van der Waals surface area contributed by atoms with Gasteiger partial charge in [0, 0.05) is 22.2 Å². The van der Waals surface area contributed by atoms with Crippen LogP contribution in [-0.2, 0) is 0 Å². The van der Waals surface area contributed by atoms with E-state index in [2.05, 4.69) is 5.32 Å². The fourth-order valence-corrected chi connectivity index (χ4v) is 1.99. The molecular formula is C11H15ClIN3O3. The van der Waals surface area contributed by atoms with E-state index in [0.717, 1.165) is 0 Å². The molecule has 0 saturated carbocycles. The Bertz CT molecular complexity index is 470. The van der Waals surface area contributed by atoms with Crippen LogP contribution in [0.1, 0.15) is 17.3 Å². The minimum absolute atomic E-state index is 0. The van der Waals surface area contributed by atoms with Crippen LogP contribution in [0, 0.1) is 19.6 Å².